The van der Waals surface area contributed by atoms with E-state index in [-0.39, 0.29) is 5.82 Å². The van der Waals surface area contributed by atoms with E-state index in [0.717, 1.165) is 30.1 Å². The van der Waals surface area contributed by atoms with Crippen LogP contribution in [0, 0.1) is 17.7 Å². The molecule has 0 bridgehead atoms. The Labute approximate surface area is 114 Å². The van der Waals surface area contributed by atoms with E-state index < -0.39 is 0 Å². The summed E-state index contributed by atoms with van der Waals surface area (Å²) in [6.07, 6.45) is 4.56. The van der Waals surface area contributed by atoms with Crippen molar-refractivity contribution in [2.75, 3.05) is 0 Å². The molecule has 1 N–H and O–H groups in total. The van der Waals surface area contributed by atoms with Gasteiger partial charge in [0.15, 0.2) is 5.82 Å². The van der Waals surface area contributed by atoms with Gasteiger partial charge in [-0.15, -0.1) is 0 Å². The van der Waals surface area contributed by atoms with Crippen molar-refractivity contribution >= 4 is 27.0 Å². The standard InChI is InChI=1S/C14H15BrFN2/c1-8-2-4-9(5-3-8)14-17-11-7-6-10(15)12(16)13(11)18-14/h6-8H,2-5H2,1H3,(H,17,18). The minimum absolute atomic E-state index is 0.278. The third kappa shape index (κ3) is 2.07. The van der Waals surface area contributed by atoms with Crippen molar-refractivity contribution in [2.45, 2.75) is 32.6 Å². The molecule has 0 unspecified atom stereocenters. The Morgan fingerprint density at radius 1 is 1.33 bits per heavy atom. The van der Waals surface area contributed by atoms with Crippen molar-refractivity contribution in [1.82, 2.24) is 9.97 Å². The van der Waals surface area contributed by atoms with Crippen LogP contribution in [0.4, 0.5) is 4.39 Å². The van der Waals surface area contributed by atoms with Gasteiger partial charge in [0.05, 0.1) is 9.99 Å². The van der Waals surface area contributed by atoms with Crippen LogP contribution in [-0.4, -0.2) is 9.97 Å². The normalized spacial score (nSPS) is 18.6. The first kappa shape index (κ1) is 12.2. The summed E-state index contributed by atoms with van der Waals surface area (Å²) in [6, 6.07) is 3.58. The summed E-state index contributed by atoms with van der Waals surface area (Å²) in [5, 5.41) is 0. The second-order valence-corrected chi connectivity index (χ2v) is 5.98. The Kier molecular flexibility index (Phi) is 3.14. The summed E-state index contributed by atoms with van der Waals surface area (Å²) < 4.78 is 14.4. The lowest BCUT2D eigenvalue weighted by Gasteiger charge is -2.23. The van der Waals surface area contributed by atoms with E-state index in [9.17, 15) is 4.39 Å². The number of hydrogen-bond donors (Lipinski definition) is 1. The Morgan fingerprint density at radius 3 is 2.78 bits per heavy atom. The molecule has 0 saturated heterocycles. The van der Waals surface area contributed by atoms with Gasteiger partial charge in [-0.1, -0.05) is 6.92 Å². The van der Waals surface area contributed by atoms with Gasteiger partial charge in [-0.05, 0) is 59.7 Å². The predicted molar refractivity (Wildman–Crippen MR) is 73.7 cm³/mol. The maximum Gasteiger partial charge on any atom is 0.165 e. The van der Waals surface area contributed by atoms with Crippen LogP contribution in [0.2, 0.25) is 0 Å². The van der Waals surface area contributed by atoms with Gasteiger partial charge < -0.3 is 4.98 Å². The van der Waals surface area contributed by atoms with E-state index in [1.807, 2.05) is 6.07 Å². The van der Waals surface area contributed by atoms with E-state index in [1.165, 1.54) is 18.8 Å². The highest BCUT2D eigenvalue weighted by atomic mass is 79.9. The number of aromatic amines is 1. The molecule has 0 atom stereocenters. The van der Waals surface area contributed by atoms with E-state index in [2.05, 4.69) is 32.8 Å². The van der Waals surface area contributed by atoms with Crippen LogP contribution >= 0.6 is 15.9 Å². The molecule has 0 amide bonds. The number of halogens is 2. The highest BCUT2D eigenvalue weighted by molar-refractivity contribution is 9.10. The van der Waals surface area contributed by atoms with Crippen molar-refractivity contribution in [2.24, 2.45) is 5.92 Å². The summed E-state index contributed by atoms with van der Waals surface area (Å²) in [5.74, 6) is 2.72. The van der Waals surface area contributed by atoms with E-state index in [1.54, 1.807) is 6.07 Å². The number of H-pyrrole nitrogens is 1. The van der Waals surface area contributed by atoms with E-state index in [4.69, 9.17) is 0 Å². The van der Waals surface area contributed by atoms with Crippen molar-refractivity contribution in [3.05, 3.63) is 34.2 Å². The van der Waals surface area contributed by atoms with Gasteiger partial charge in [0.2, 0.25) is 0 Å². The van der Waals surface area contributed by atoms with Crippen molar-refractivity contribution in [3.63, 3.8) is 0 Å². The van der Waals surface area contributed by atoms with Gasteiger partial charge in [-0.3, -0.25) is 0 Å². The zero-order valence-corrected chi connectivity index (χ0v) is 11.8. The van der Waals surface area contributed by atoms with Gasteiger partial charge in [0.1, 0.15) is 11.3 Å². The first-order valence-electron chi connectivity index (χ1n) is 6.34. The molecule has 1 radical (unpaired) electrons. The summed E-state index contributed by atoms with van der Waals surface area (Å²) in [6.45, 7) is 2.28. The summed E-state index contributed by atoms with van der Waals surface area (Å²) >= 11 is 3.19. The lowest BCUT2D eigenvalue weighted by Crippen LogP contribution is -2.12. The van der Waals surface area contributed by atoms with Crippen molar-refractivity contribution in [3.8, 4) is 0 Å². The highest BCUT2D eigenvalue weighted by Gasteiger charge is 2.23. The van der Waals surface area contributed by atoms with Crippen LogP contribution in [0.15, 0.2) is 16.6 Å². The molecular formula is C14H15BrFN2. The lowest BCUT2D eigenvalue weighted by molar-refractivity contribution is 0.412. The second kappa shape index (κ2) is 4.65. The number of benzene rings is 1. The molecule has 0 aliphatic heterocycles. The average Bonchev–Trinajstić information content (AvgIpc) is 2.80. The maximum absolute atomic E-state index is 13.9. The van der Waals surface area contributed by atoms with E-state index in [0.29, 0.717) is 9.99 Å². The monoisotopic (exact) mass is 309 g/mol. The lowest BCUT2D eigenvalue weighted by atomic mass is 9.83. The second-order valence-electron chi connectivity index (χ2n) is 5.13. The fraction of sp³-hybridized carbons (Fsp3) is 0.429. The van der Waals surface area contributed by atoms with Crippen LogP contribution in [0.25, 0.3) is 11.0 Å². The summed E-state index contributed by atoms with van der Waals surface area (Å²) in [7, 11) is 0. The molecule has 2 nitrogen and oxygen atoms in total. The third-order valence-corrected chi connectivity index (χ3v) is 4.37. The molecule has 1 saturated carbocycles. The molecular weight excluding hydrogens is 295 g/mol. The highest BCUT2D eigenvalue weighted by Crippen LogP contribution is 2.34. The molecule has 4 heteroatoms. The van der Waals surface area contributed by atoms with Crippen LogP contribution in [0.3, 0.4) is 0 Å². The number of rotatable bonds is 1. The Bertz CT molecular complexity index is 570. The smallest absolute Gasteiger partial charge is 0.165 e. The van der Waals surface area contributed by atoms with Gasteiger partial charge in [0.25, 0.3) is 0 Å². The number of nitrogens with zero attached hydrogens (tertiary/aromatic N) is 1. The van der Waals surface area contributed by atoms with E-state index >= 15 is 0 Å². The first-order chi connectivity index (χ1) is 8.65. The third-order valence-electron chi connectivity index (χ3n) is 3.76. The Balaban J connectivity index is 1.96. The molecule has 1 heterocycles. The van der Waals surface area contributed by atoms with Crippen LogP contribution in [-0.2, 0) is 0 Å². The maximum atomic E-state index is 13.9. The van der Waals surface area contributed by atoms with Gasteiger partial charge >= 0.3 is 0 Å². The molecule has 0 spiro atoms. The van der Waals surface area contributed by atoms with Crippen molar-refractivity contribution < 1.29 is 4.39 Å². The minimum Gasteiger partial charge on any atom is -0.341 e. The fourth-order valence-electron chi connectivity index (χ4n) is 2.53. The molecule has 1 aromatic carbocycles. The topological polar surface area (TPSA) is 28.7 Å². The molecule has 18 heavy (non-hydrogen) atoms. The number of hydrogen-bond acceptors (Lipinski definition) is 1. The number of nitrogens with one attached hydrogen (secondary N) is 1. The predicted octanol–water partition coefficient (Wildman–Crippen LogP) is 4.60. The summed E-state index contributed by atoms with van der Waals surface area (Å²) in [4.78, 5) is 7.66. The minimum atomic E-state index is -0.278. The first-order valence-corrected chi connectivity index (χ1v) is 7.13. The van der Waals surface area contributed by atoms with Crippen LogP contribution in [0.5, 0.6) is 0 Å². The van der Waals surface area contributed by atoms with Crippen molar-refractivity contribution in [1.29, 1.82) is 0 Å². The number of imidazole rings is 1. The Hall–Kier alpha value is -0.900. The fourth-order valence-corrected chi connectivity index (χ4v) is 2.85. The zero-order valence-electron chi connectivity index (χ0n) is 10.3. The summed E-state index contributed by atoms with van der Waals surface area (Å²) in [5.41, 5.74) is 1.21. The van der Waals surface area contributed by atoms with Crippen LogP contribution in [0.1, 0.15) is 38.4 Å². The van der Waals surface area contributed by atoms with Gasteiger partial charge in [-0.2, -0.15) is 0 Å². The molecule has 1 aromatic heterocycles. The van der Waals surface area contributed by atoms with Crippen LogP contribution < -0.4 is 0 Å². The molecule has 3 rings (SSSR count). The molecule has 1 fully saturated rings. The molecule has 95 valence electrons. The SMILES string of the molecule is CC1CC[C](c2nc3c(F)c(Br)ccc3[nH]2)CC1. The Morgan fingerprint density at radius 2 is 2.06 bits per heavy atom. The number of fused-ring (bicyclic) bond motifs is 1. The molecule has 1 aliphatic rings. The molecule has 1 aliphatic carbocycles. The largest absolute Gasteiger partial charge is 0.341 e. The average molecular weight is 310 g/mol. The van der Waals surface area contributed by atoms with Gasteiger partial charge in [0, 0.05) is 5.92 Å². The zero-order chi connectivity index (χ0) is 12.7. The quantitative estimate of drug-likeness (QED) is 0.819. The molecule has 2 aromatic rings. The van der Waals surface area contributed by atoms with Gasteiger partial charge in [-0.25, -0.2) is 9.37 Å². The number of aromatic nitrogens is 2.